The normalized spacial score (nSPS) is 20.4. The van der Waals surface area contributed by atoms with Crippen LogP contribution < -0.4 is 10.2 Å². The molecule has 6 nitrogen and oxygen atoms in total. The van der Waals surface area contributed by atoms with Gasteiger partial charge in [-0.3, -0.25) is 4.79 Å². The Morgan fingerprint density at radius 2 is 1.97 bits per heavy atom. The summed E-state index contributed by atoms with van der Waals surface area (Å²) in [6.07, 6.45) is 4.61. The molecule has 0 bridgehead atoms. The molecule has 1 N–H and O–H groups in total. The molecule has 0 aliphatic carbocycles. The summed E-state index contributed by atoms with van der Waals surface area (Å²) in [5, 5.41) is 7.00. The van der Waals surface area contributed by atoms with E-state index in [1.807, 2.05) is 18.0 Å². The highest BCUT2D eigenvalue weighted by molar-refractivity contribution is 7.17. The zero-order valence-corrected chi connectivity index (χ0v) is 18.1. The second-order valence-corrected chi connectivity index (χ2v) is 9.26. The number of hydrogen-bond donors (Lipinski definition) is 1. The molecule has 4 heterocycles. The molecule has 0 spiro atoms. The molecule has 1 unspecified atom stereocenters. The smallest absolute Gasteiger partial charge is 0.224 e. The molecule has 1 amide bonds. The van der Waals surface area contributed by atoms with Gasteiger partial charge < -0.3 is 15.1 Å². The maximum Gasteiger partial charge on any atom is 0.224 e. The van der Waals surface area contributed by atoms with Crippen LogP contribution in [-0.2, 0) is 4.79 Å². The molecule has 3 aromatic rings. The van der Waals surface area contributed by atoms with E-state index in [9.17, 15) is 4.79 Å². The van der Waals surface area contributed by atoms with E-state index in [2.05, 4.69) is 44.8 Å². The number of fused-ring (bicyclic) bond motifs is 1. The SMILES string of the molecule is CN1CC(NCC2CCN(c3ncnc4scc(-c5ccccc5)c34)CC2)CC1=O. The lowest BCUT2D eigenvalue weighted by atomic mass is 9.96. The fraction of sp³-hybridized carbons (Fsp3) is 0.435. The van der Waals surface area contributed by atoms with Crippen molar-refractivity contribution in [2.75, 3.05) is 38.1 Å². The van der Waals surface area contributed by atoms with Crippen LogP contribution in [0.25, 0.3) is 21.3 Å². The third kappa shape index (κ3) is 3.79. The Kier molecular flexibility index (Phi) is 5.39. The number of amides is 1. The number of hydrogen-bond acceptors (Lipinski definition) is 6. The zero-order chi connectivity index (χ0) is 20.5. The highest BCUT2D eigenvalue weighted by Crippen LogP contribution is 2.38. The van der Waals surface area contributed by atoms with E-state index in [1.165, 1.54) is 16.5 Å². The third-order valence-electron chi connectivity index (χ3n) is 6.39. The molecule has 1 aromatic carbocycles. The van der Waals surface area contributed by atoms with Crippen molar-refractivity contribution < 1.29 is 4.79 Å². The van der Waals surface area contributed by atoms with Gasteiger partial charge in [0.15, 0.2) is 0 Å². The highest BCUT2D eigenvalue weighted by atomic mass is 32.1. The molecule has 0 saturated carbocycles. The van der Waals surface area contributed by atoms with Gasteiger partial charge in [-0.25, -0.2) is 9.97 Å². The van der Waals surface area contributed by atoms with Gasteiger partial charge in [0, 0.05) is 50.1 Å². The Labute approximate surface area is 180 Å². The van der Waals surface area contributed by atoms with Gasteiger partial charge >= 0.3 is 0 Å². The van der Waals surface area contributed by atoms with Crippen molar-refractivity contribution in [3.8, 4) is 11.1 Å². The highest BCUT2D eigenvalue weighted by Gasteiger charge is 2.28. The molecule has 2 aliphatic rings. The number of thiophene rings is 1. The van der Waals surface area contributed by atoms with Crippen LogP contribution in [-0.4, -0.2) is 60.0 Å². The molecule has 156 valence electrons. The lowest BCUT2D eigenvalue weighted by molar-refractivity contribution is -0.126. The summed E-state index contributed by atoms with van der Waals surface area (Å²) in [6, 6.07) is 10.8. The number of likely N-dealkylation sites (tertiary alicyclic amines) is 1. The van der Waals surface area contributed by atoms with Gasteiger partial charge in [-0.05, 0) is 30.9 Å². The van der Waals surface area contributed by atoms with Crippen molar-refractivity contribution in [3.63, 3.8) is 0 Å². The van der Waals surface area contributed by atoms with E-state index in [0.717, 1.165) is 49.7 Å². The molecule has 30 heavy (non-hydrogen) atoms. The Hall–Kier alpha value is -2.51. The van der Waals surface area contributed by atoms with E-state index in [0.29, 0.717) is 18.4 Å². The van der Waals surface area contributed by atoms with E-state index in [1.54, 1.807) is 17.7 Å². The number of aromatic nitrogens is 2. The molecule has 2 saturated heterocycles. The number of likely N-dealkylation sites (N-methyl/N-ethyl adjacent to an activating group) is 1. The van der Waals surface area contributed by atoms with Crippen LogP contribution in [0, 0.1) is 5.92 Å². The summed E-state index contributed by atoms with van der Waals surface area (Å²) in [4.78, 5) is 26.2. The van der Waals surface area contributed by atoms with Gasteiger partial charge in [0.05, 0.1) is 5.39 Å². The van der Waals surface area contributed by atoms with Crippen LogP contribution in [0.5, 0.6) is 0 Å². The molecule has 1 atom stereocenters. The Morgan fingerprint density at radius 3 is 2.70 bits per heavy atom. The van der Waals surface area contributed by atoms with Crippen LogP contribution in [0.4, 0.5) is 5.82 Å². The standard InChI is InChI=1S/C23H27N5OS/c1-27-13-18(11-20(27)29)24-12-16-7-9-28(10-8-16)22-21-19(17-5-3-2-4-6-17)14-30-23(21)26-15-25-22/h2-6,14-16,18,24H,7-13H2,1H3. The van der Waals surface area contributed by atoms with Crippen molar-refractivity contribution in [1.82, 2.24) is 20.2 Å². The largest absolute Gasteiger partial charge is 0.356 e. The van der Waals surface area contributed by atoms with Crippen molar-refractivity contribution >= 4 is 33.3 Å². The molecule has 2 fully saturated rings. The summed E-state index contributed by atoms with van der Waals surface area (Å²) >= 11 is 1.69. The number of carbonyl (C=O) groups is 1. The first-order valence-electron chi connectivity index (χ1n) is 10.7. The number of piperidine rings is 1. The molecule has 5 rings (SSSR count). The second-order valence-electron chi connectivity index (χ2n) is 8.41. The Bertz CT molecular complexity index is 1030. The first-order valence-corrected chi connectivity index (χ1v) is 11.6. The lowest BCUT2D eigenvalue weighted by Crippen LogP contribution is -2.41. The summed E-state index contributed by atoms with van der Waals surface area (Å²) in [6.45, 7) is 3.83. The van der Waals surface area contributed by atoms with Gasteiger partial charge in [0.2, 0.25) is 5.91 Å². The zero-order valence-electron chi connectivity index (χ0n) is 17.3. The number of rotatable bonds is 5. The van der Waals surface area contributed by atoms with E-state index in [-0.39, 0.29) is 5.91 Å². The average molecular weight is 422 g/mol. The van der Waals surface area contributed by atoms with Crippen LogP contribution >= 0.6 is 11.3 Å². The topological polar surface area (TPSA) is 61.4 Å². The second kappa shape index (κ2) is 8.32. The summed E-state index contributed by atoms with van der Waals surface area (Å²) < 4.78 is 0. The van der Waals surface area contributed by atoms with Gasteiger partial charge in [0.25, 0.3) is 0 Å². The predicted octanol–water partition coefficient (Wildman–Crippen LogP) is 3.40. The van der Waals surface area contributed by atoms with Crippen LogP contribution in [0.2, 0.25) is 0 Å². The van der Waals surface area contributed by atoms with E-state index < -0.39 is 0 Å². The van der Waals surface area contributed by atoms with Gasteiger partial charge in [-0.15, -0.1) is 11.3 Å². The number of benzene rings is 1. The lowest BCUT2D eigenvalue weighted by Gasteiger charge is -2.33. The maximum absolute atomic E-state index is 11.7. The van der Waals surface area contributed by atoms with Gasteiger partial charge in [0.1, 0.15) is 17.0 Å². The number of nitrogens with zero attached hydrogens (tertiary/aromatic N) is 4. The fourth-order valence-electron chi connectivity index (χ4n) is 4.61. The van der Waals surface area contributed by atoms with Crippen LogP contribution in [0.1, 0.15) is 19.3 Å². The summed E-state index contributed by atoms with van der Waals surface area (Å²) in [5.41, 5.74) is 2.44. The van der Waals surface area contributed by atoms with Crippen molar-refractivity contribution in [1.29, 1.82) is 0 Å². The molecule has 2 aliphatic heterocycles. The minimum absolute atomic E-state index is 0.250. The maximum atomic E-state index is 11.7. The molecule has 2 aromatic heterocycles. The third-order valence-corrected chi connectivity index (χ3v) is 7.27. The number of nitrogens with one attached hydrogen (secondary N) is 1. The first kappa shape index (κ1) is 19.5. The predicted molar refractivity (Wildman–Crippen MR) is 122 cm³/mol. The number of carbonyl (C=O) groups excluding carboxylic acids is 1. The van der Waals surface area contributed by atoms with Gasteiger partial charge in [-0.1, -0.05) is 30.3 Å². The fourth-order valence-corrected chi connectivity index (χ4v) is 5.52. The molecular weight excluding hydrogens is 394 g/mol. The summed E-state index contributed by atoms with van der Waals surface area (Å²) in [7, 11) is 1.89. The minimum Gasteiger partial charge on any atom is -0.356 e. The first-order chi connectivity index (χ1) is 14.7. The van der Waals surface area contributed by atoms with E-state index >= 15 is 0 Å². The van der Waals surface area contributed by atoms with Crippen LogP contribution in [0.15, 0.2) is 42.0 Å². The molecule has 7 heteroatoms. The summed E-state index contributed by atoms with van der Waals surface area (Å²) in [5.74, 6) is 1.96. The molecular formula is C23H27N5OS. The van der Waals surface area contributed by atoms with Crippen molar-refractivity contribution in [2.24, 2.45) is 5.92 Å². The molecule has 0 radical (unpaired) electrons. The van der Waals surface area contributed by atoms with Crippen LogP contribution in [0.3, 0.4) is 0 Å². The Morgan fingerprint density at radius 1 is 1.17 bits per heavy atom. The quantitative estimate of drug-likeness (QED) is 0.684. The monoisotopic (exact) mass is 421 g/mol. The Balaban J connectivity index is 1.27. The van der Waals surface area contributed by atoms with Crippen molar-refractivity contribution in [2.45, 2.75) is 25.3 Å². The minimum atomic E-state index is 0.250. The average Bonchev–Trinajstić information content (AvgIpc) is 3.36. The van der Waals surface area contributed by atoms with E-state index in [4.69, 9.17) is 4.98 Å². The number of anilines is 1. The van der Waals surface area contributed by atoms with Crippen molar-refractivity contribution in [3.05, 3.63) is 42.0 Å². The van der Waals surface area contributed by atoms with Gasteiger partial charge in [-0.2, -0.15) is 0 Å².